The Morgan fingerprint density at radius 3 is 2.88 bits per heavy atom. The Kier molecular flexibility index (Phi) is 5.18. The number of rotatable bonds is 7. The van der Waals surface area contributed by atoms with Gasteiger partial charge in [0.25, 0.3) is 0 Å². The summed E-state index contributed by atoms with van der Waals surface area (Å²) < 4.78 is 0. The molecule has 1 amide bonds. The largest absolute Gasteiger partial charge is 0.396 e. The van der Waals surface area contributed by atoms with Gasteiger partial charge in [0.05, 0.1) is 6.42 Å². The molecule has 0 bridgehead atoms. The standard InChI is InChI=1S/C18H20N4O2/c23-12-13(8-15-4-1-2-6-19-15)10-21-17(24)9-14-11-22-18-16(14)5-3-7-20-18/h1-7,11,13,23H,8-10,12H2,(H,20,22)(H,21,24). The summed E-state index contributed by atoms with van der Waals surface area (Å²) in [4.78, 5) is 23.7. The molecule has 6 nitrogen and oxygen atoms in total. The SMILES string of the molecule is O=C(Cc1c[nH]c2ncccc12)NCC(CO)Cc1ccccn1. The number of aliphatic hydroxyl groups excluding tert-OH is 1. The number of aromatic amines is 1. The molecule has 0 aliphatic rings. The highest BCUT2D eigenvalue weighted by Gasteiger charge is 2.13. The predicted octanol–water partition coefficient (Wildman–Crippen LogP) is 1.47. The molecule has 0 aliphatic heterocycles. The minimum atomic E-state index is -0.0702. The van der Waals surface area contributed by atoms with Crippen molar-refractivity contribution in [1.29, 1.82) is 0 Å². The van der Waals surface area contributed by atoms with Gasteiger partial charge in [0.2, 0.25) is 5.91 Å². The summed E-state index contributed by atoms with van der Waals surface area (Å²) in [6, 6.07) is 9.49. The van der Waals surface area contributed by atoms with Gasteiger partial charge in [-0.25, -0.2) is 4.98 Å². The molecule has 0 saturated heterocycles. The average molecular weight is 324 g/mol. The lowest BCUT2D eigenvalue weighted by atomic mass is 10.0. The number of aromatic nitrogens is 3. The molecule has 6 heteroatoms. The molecule has 1 atom stereocenters. The number of fused-ring (bicyclic) bond motifs is 1. The zero-order chi connectivity index (χ0) is 16.8. The fourth-order valence-corrected chi connectivity index (χ4v) is 2.67. The fourth-order valence-electron chi connectivity index (χ4n) is 2.67. The van der Waals surface area contributed by atoms with Crippen molar-refractivity contribution in [3.05, 3.63) is 60.2 Å². The maximum absolute atomic E-state index is 12.2. The van der Waals surface area contributed by atoms with Crippen LogP contribution in [0, 0.1) is 5.92 Å². The third-order valence-electron chi connectivity index (χ3n) is 3.96. The molecule has 0 fully saturated rings. The van der Waals surface area contributed by atoms with Gasteiger partial charge in [0, 0.05) is 48.7 Å². The van der Waals surface area contributed by atoms with Crippen molar-refractivity contribution >= 4 is 16.9 Å². The molecule has 0 spiro atoms. The molecular weight excluding hydrogens is 304 g/mol. The zero-order valence-corrected chi connectivity index (χ0v) is 13.3. The van der Waals surface area contributed by atoms with Gasteiger partial charge in [-0.05, 0) is 36.2 Å². The number of carbonyl (C=O) groups excluding carboxylic acids is 1. The highest BCUT2D eigenvalue weighted by Crippen LogP contribution is 2.16. The van der Waals surface area contributed by atoms with E-state index in [9.17, 15) is 9.90 Å². The van der Waals surface area contributed by atoms with Crippen LogP contribution in [0.4, 0.5) is 0 Å². The van der Waals surface area contributed by atoms with Crippen LogP contribution in [0.2, 0.25) is 0 Å². The molecule has 1 unspecified atom stereocenters. The van der Waals surface area contributed by atoms with Crippen molar-refractivity contribution in [3.8, 4) is 0 Å². The Balaban J connectivity index is 1.54. The number of carbonyl (C=O) groups is 1. The van der Waals surface area contributed by atoms with Gasteiger partial charge in [0.1, 0.15) is 5.65 Å². The molecule has 24 heavy (non-hydrogen) atoms. The molecule has 3 aromatic heterocycles. The van der Waals surface area contributed by atoms with Crippen molar-refractivity contribution in [2.24, 2.45) is 5.92 Å². The van der Waals surface area contributed by atoms with Crippen LogP contribution in [0.1, 0.15) is 11.3 Å². The zero-order valence-electron chi connectivity index (χ0n) is 13.3. The predicted molar refractivity (Wildman–Crippen MR) is 91.3 cm³/mol. The van der Waals surface area contributed by atoms with Crippen LogP contribution in [-0.2, 0) is 17.6 Å². The quantitative estimate of drug-likeness (QED) is 0.614. The van der Waals surface area contributed by atoms with Crippen LogP contribution in [0.3, 0.4) is 0 Å². The van der Waals surface area contributed by atoms with Gasteiger partial charge < -0.3 is 15.4 Å². The summed E-state index contributed by atoms with van der Waals surface area (Å²) in [6.07, 6.45) is 6.18. The van der Waals surface area contributed by atoms with Crippen LogP contribution < -0.4 is 5.32 Å². The van der Waals surface area contributed by atoms with E-state index >= 15 is 0 Å². The smallest absolute Gasteiger partial charge is 0.224 e. The second kappa shape index (κ2) is 7.70. The molecule has 0 saturated carbocycles. The van der Waals surface area contributed by atoms with Crippen LogP contribution in [-0.4, -0.2) is 39.1 Å². The molecule has 124 valence electrons. The van der Waals surface area contributed by atoms with Crippen LogP contribution in [0.15, 0.2) is 48.9 Å². The van der Waals surface area contributed by atoms with Crippen LogP contribution >= 0.6 is 0 Å². The number of hydrogen-bond acceptors (Lipinski definition) is 4. The highest BCUT2D eigenvalue weighted by atomic mass is 16.3. The van der Waals surface area contributed by atoms with E-state index in [1.165, 1.54) is 0 Å². The molecule has 3 rings (SSSR count). The monoisotopic (exact) mass is 324 g/mol. The normalized spacial score (nSPS) is 12.2. The summed E-state index contributed by atoms with van der Waals surface area (Å²) >= 11 is 0. The summed E-state index contributed by atoms with van der Waals surface area (Å²) in [5.74, 6) is -0.118. The summed E-state index contributed by atoms with van der Waals surface area (Å²) in [5, 5.41) is 13.4. The van der Waals surface area contributed by atoms with Gasteiger partial charge in [0.15, 0.2) is 0 Å². The lowest BCUT2D eigenvalue weighted by molar-refractivity contribution is -0.120. The van der Waals surface area contributed by atoms with E-state index in [4.69, 9.17) is 0 Å². The van der Waals surface area contributed by atoms with E-state index in [-0.39, 0.29) is 24.9 Å². The van der Waals surface area contributed by atoms with E-state index in [2.05, 4.69) is 20.3 Å². The Bertz CT molecular complexity index is 801. The van der Waals surface area contributed by atoms with E-state index in [0.717, 1.165) is 22.3 Å². The molecule has 0 aliphatic carbocycles. The molecule has 3 N–H and O–H groups in total. The number of pyridine rings is 2. The Labute approximate surface area is 140 Å². The molecule has 3 heterocycles. The Hall–Kier alpha value is -2.73. The van der Waals surface area contributed by atoms with Gasteiger partial charge in [-0.1, -0.05) is 6.07 Å². The topological polar surface area (TPSA) is 90.9 Å². The van der Waals surface area contributed by atoms with Crippen LogP contribution in [0.25, 0.3) is 11.0 Å². The third kappa shape index (κ3) is 3.97. The number of amides is 1. The molecular formula is C18H20N4O2. The first-order valence-corrected chi connectivity index (χ1v) is 7.94. The van der Waals surface area contributed by atoms with Crippen molar-refractivity contribution < 1.29 is 9.90 Å². The van der Waals surface area contributed by atoms with Crippen LogP contribution in [0.5, 0.6) is 0 Å². The van der Waals surface area contributed by atoms with Gasteiger partial charge in [-0.3, -0.25) is 9.78 Å². The van der Waals surface area contributed by atoms with E-state index in [1.807, 2.05) is 36.5 Å². The number of nitrogens with zero attached hydrogens (tertiary/aromatic N) is 2. The fraction of sp³-hybridized carbons (Fsp3) is 0.278. The lowest BCUT2D eigenvalue weighted by Gasteiger charge is -2.14. The molecule has 0 aromatic carbocycles. The number of nitrogens with one attached hydrogen (secondary N) is 2. The summed E-state index contributed by atoms with van der Waals surface area (Å²) in [7, 11) is 0. The number of H-pyrrole nitrogens is 1. The summed E-state index contributed by atoms with van der Waals surface area (Å²) in [5.41, 5.74) is 2.61. The van der Waals surface area contributed by atoms with Crippen molar-refractivity contribution in [2.45, 2.75) is 12.8 Å². The van der Waals surface area contributed by atoms with Gasteiger partial charge >= 0.3 is 0 Å². The van der Waals surface area contributed by atoms with Crippen molar-refractivity contribution in [1.82, 2.24) is 20.3 Å². The minimum Gasteiger partial charge on any atom is -0.396 e. The van der Waals surface area contributed by atoms with E-state index in [1.54, 1.807) is 12.4 Å². The Morgan fingerprint density at radius 2 is 2.08 bits per heavy atom. The Morgan fingerprint density at radius 1 is 1.21 bits per heavy atom. The minimum absolute atomic E-state index is 0.00780. The van der Waals surface area contributed by atoms with Crippen molar-refractivity contribution in [3.63, 3.8) is 0 Å². The highest BCUT2D eigenvalue weighted by molar-refractivity contribution is 5.87. The maximum Gasteiger partial charge on any atom is 0.224 e. The van der Waals surface area contributed by atoms with Gasteiger partial charge in [-0.15, -0.1) is 0 Å². The number of hydrogen-bond donors (Lipinski definition) is 3. The van der Waals surface area contributed by atoms with Crippen molar-refractivity contribution in [2.75, 3.05) is 13.2 Å². The van der Waals surface area contributed by atoms with Gasteiger partial charge in [-0.2, -0.15) is 0 Å². The first-order chi connectivity index (χ1) is 11.8. The van der Waals surface area contributed by atoms with E-state index in [0.29, 0.717) is 13.0 Å². The lowest BCUT2D eigenvalue weighted by Crippen LogP contribution is -2.32. The van der Waals surface area contributed by atoms with E-state index < -0.39 is 0 Å². The number of aliphatic hydroxyl groups is 1. The maximum atomic E-state index is 12.2. The second-order valence-electron chi connectivity index (χ2n) is 5.77. The third-order valence-corrected chi connectivity index (χ3v) is 3.96. The molecule has 0 radical (unpaired) electrons. The first kappa shape index (κ1) is 16.1. The summed E-state index contributed by atoms with van der Waals surface area (Å²) in [6.45, 7) is 0.431. The average Bonchev–Trinajstić information content (AvgIpc) is 3.02. The molecule has 3 aromatic rings. The second-order valence-corrected chi connectivity index (χ2v) is 5.77. The first-order valence-electron chi connectivity index (χ1n) is 7.94.